The molecule has 0 aliphatic heterocycles. The third-order valence-electron chi connectivity index (χ3n) is 3.08. The molecule has 1 unspecified atom stereocenters. The molecule has 2 N–H and O–H groups in total. The van der Waals surface area contributed by atoms with Crippen molar-refractivity contribution in [2.24, 2.45) is 0 Å². The van der Waals surface area contributed by atoms with Gasteiger partial charge >= 0.3 is 6.18 Å². The fourth-order valence-corrected chi connectivity index (χ4v) is 2.65. The second-order valence-electron chi connectivity index (χ2n) is 5.31. The van der Waals surface area contributed by atoms with Crippen LogP contribution in [0, 0.1) is 0 Å². The molecule has 1 heterocycles. The van der Waals surface area contributed by atoms with Gasteiger partial charge < -0.3 is 10.4 Å². The molecule has 1 aromatic heterocycles. The Bertz CT molecular complexity index is 448. The van der Waals surface area contributed by atoms with Crippen LogP contribution in [0.5, 0.6) is 0 Å². The van der Waals surface area contributed by atoms with E-state index in [0.717, 1.165) is 25.1 Å². The smallest absolute Gasteiger partial charge is 0.394 e. The Kier molecular flexibility index (Phi) is 4.61. The zero-order valence-electron chi connectivity index (χ0n) is 11.1. The Morgan fingerprint density at radius 1 is 1.40 bits per heavy atom. The van der Waals surface area contributed by atoms with Gasteiger partial charge in [0.05, 0.1) is 17.2 Å². The zero-order chi connectivity index (χ0) is 14.8. The molecule has 0 saturated heterocycles. The van der Waals surface area contributed by atoms with Crippen molar-refractivity contribution in [2.75, 3.05) is 12.4 Å². The van der Waals surface area contributed by atoms with Crippen molar-refractivity contribution in [3.8, 4) is 0 Å². The second-order valence-corrected chi connectivity index (χ2v) is 6.30. The van der Waals surface area contributed by atoms with E-state index in [1.54, 1.807) is 0 Å². The van der Waals surface area contributed by atoms with E-state index in [2.05, 4.69) is 10.3 Å². The van der Waals surface area contributed by atoms with Gasteiger partial charge in [-0.3, -0.25) is 0 Å². The lowest BCUT2D eigenvalue weighted by molar-refractivity contribution is -0.137. The second kappa shape index (κ2) is 5.91. The van der Waals surface area contributed by atoms with Crippen LogP contribution in [0.4, 0.5) is 13.2 Å². The molecule has 7 heteroatoms. The molecule has 0 spiro atoms. The number of alkyl halides is 3. The Balaban J connectivity index is 1.92. The molecule has 112 valence electrons. The summed E-state index contributed by atoms with van der Waals surface area (Å²) in [6, 6.07) is 2.84. The largest absolute Gasteiger partial charge is 0.417 e. The molecule has 20 heavy (non-hydrogen) atoms. The SMILES string of the molecule is CC(CO)(CSc1ccc(C(F)(F)F)cn1)NC1CC1. The summed E-state index contributed by atoms with van der Waals surface area (Å²) in [5, 5.41) is 13.3. The molecule has 1 aliphatic rings. The molecule has 0 amide bonds. The molecule has 0 bridgehead atoms. The van der Waals surface area contributed by atoms with Gasteiger partial charge in [0.15, 0.2) is 0 Å². The molecule has 0 radical (unpaired) electrons. The van der Waals surface area contributed by atoms with Crippen LogP contribution < -0.4 is 5.32 Å². The van der Waals surface area contributed by atoms with Crippen molar-refractivity contribution in [1.29, 1.82) is 0 Å². The van der Waals surface area contributed by atoms with Gasteiger partial charge in [0.1, 0.15) is 0 Å². The summed E-state index contributed by atoms with van der Waals surface area (Å²) in [6.45, 7) is 1.89. The first-order valence-electron chi connectivity index (χ1n) is 6.37. The fourth-order valence-electron chi connectivity index (χ4n) is 1.72. The van der Waals surface area contributed by atoms with Crippen molar-refractivity contribution in [3.63, 3.8) is 0 Å². The van der Waals surface area contributed by atoms with Crippen LogP contribution in [0.15, 0.2) is 23.4 Å². The molecule has 1 aliphatic carbocycles. The van der Waals surface area contributed by atoms with E-state index in [-0.39, 0.29) is 6.61 Å². The van der Waals surface area contributed by atoms with Crippen LogP contribution in [0.1, 0.15) is 25.3 Å². The first-order valence-corrected chi connectivity index (χ1v) is 7.36. The van der Waals surface area contributed by atoms with Crippen LogP contribution in [0.3, 0.4) is 0 Å². The van der Waals surface area contributed by atoms with Gasteiger partial charge in [-0.05, 0) is 31.9 Å². The number of nitrogens with one attached hydrogen (secondary N) is 1. The van der Waals surface area contributed by atoms with Gasteiger partial charge in [-0.25, -0.2) is 4.98 Å². The number of aliphatic hydroxyl groups is 1. The number of aliphatic hydroxyl groups excluding tert-OH is 1. The Hall–Kier alpha value is -0.790. The monoisotopic (exact) mass is 306 g/mol. The average Bonchev–Trinajstić information content (AvgIpc) is 3.20. The number of thioether (sulfide) groups is 1. The number of nitrogens with zero attached hydrogens (tertiary/aromatic N) is 1. The van der Waals surface area contributed by atoms with E-state index < -0.39 is 17.3 Å². The van der Waals surface area contributed by atoms with E-state index in [9.17, 15) is 18.3 Å². The number of rotatable bonds is 6. The molecule has 1 saturated carbocycles. The minimum Gasteiger partial charge on any atom is -0.394 e. The highest BCUT2D eigenvalue weighted by Gasteiger charge is 2.33. The number of aromatic nitrogens is 1. The molecule has 0 aromatic carbocycles. The van der Waals surface area contributed by atoms with E-state index in [4.69, 9.17) is 0 Å². The van der Waals surface area contributed by atoms with Crippen LogP contribution in [0.2, 0.25) is 0 Å². The van der Waals surface area contributed by atoms with Gasteiger partial charge in [-0.1, -0.05) is 0 Å². The predicted octanol–water partition coefficient (Wildman–Crippen LogP) is 2.70. The topological polar surface area (TPSA) is 45.2 Å². The van der Waals surface area contributed by atoms with Gasteiger partial charge in [-0.2, -0.15) is 13.2 Å². The minimum atomic E-state index is -4.36. The highest BCUT2D eigenvalue weighted by Crippen LogP contribution is 2.30. The lowest BCUT2D eigenvalue weighted by Crippen LogP contribution is -2.49. The van der Waals surface area contributed by atoms with Crippen molar-refractivity contribution < 1.29 is 18.3 Å². The predicted molar refractivity (Wildman–Crippen MR) is 71.6 cm³/mol. The van der Waals surface area contributed by atoms with Gasteiger partial charge in [-0.15, -0.1) is 11.8 Å². The quantitative estimate of drug-likeness (QED) is 0.793. The van der Waals surface area contributed by atoms with Gasteiger partial charge in [0.25, 0.3) is 0 Å². The Morgan fingerprint density at radius 2 is 2.10 bits per heavy atom. The Labute approximate surface area is 120 Å². The number of pyridine rings is 1. The summed E-state index contributed by atoms with van der Waals surface area (Å²) in [7, 11) is 0. The van der Waals surface area contributed by atoms with Gasteiger partial charge in [0.2, 0.25) is 0 Å². The van der Waals surface area contributed by atoms with E-state index in [0.29, 0.717) is 16.8 Å². The van der Waals surface area contributed by atoms with Crippen LogP contribution in [0.25, 0.3) is 0 Å². The maximum Gasteiger partial charge on any atom is 0.417 e. The molecule has 1 aromatic rings. The normalized spacial score (nSPS) is 18.9. The first-order chi connectivity index (χ1) is 9.32. The number of halogens is 3. The van der Waals surface area contributed by atoms with E-state index >= 15 is 0 Å². The molecule has 1 atom stereocenters. The van der Waals surface area contributed by atoms with E-state index in [1.807, 2.05) is 6.92 Å². The molecule has 2 rings (SSSR count). The van der Waals surface area contributed by atoms with Crippen LogP contribution in [-0.4, -0.2) is 34.0 Å². The lowest BCUT2D eigenvalue weighted by Gasteiger charge is -2.28. The lowest BCUT2D eigenvalue weighted by atomic mass is 10.1. The molecular formula is C13H17F3N2OS. The van der Waals surface area contributed by atoms with Crippen molar-refractivity contribution >= 4 is 11.8 Å². The summed E-state index contributed by atoms with van der Waals surface area (Å²) in [5.41, 5.74) is -1.18. The standard InChI is InChI=1S/C13H17F3N2OS/c1-12(7-19,18-10-3-4-10)8-20-11-5-2-9(6-17-11)13(14,15)16/h2,5-6,10,18-19H,3-4,7-8H2,1H3. The van der Waals surface area contributed by atoms with Crippen LogP contribution in [-0.2, 0) is 6.18 Å². The van der Waals surface area contributed by atoms with Crippen molar-refractivity contribution in [3.05, 3.63) is 23.9 Å². The molecule has 3 nitrogen and oxygen atoms in total. The maximum atomic E-state index is 12.4. The third-order valence-corrected chi connectivity index (χ3v) is 4.40. The van der Waals surface area contributed by atoms with Gasteiger partial charge in [0, 0.05) is 23.5 Å². The maximum absolute atomic E-state index is 12.4. The summed E-state index contributed by atoms with van der Waals surface area (Å²) in [4.78, 5) is 3.81. The zero-order valence-corrected chi connectivity index (χ0v) is 11.9. The Morgan fingerprint density at radius 3 is 2.55 bits per heavy atom. The van der Waals surface area contributed by atoms with E-state index in [1.165, 1.54) is 17.8 Å². The minimum absolute atomic E-state index is 0.0167. The highest BCUT2D eigenvalue weighted by molar-refractivity contribution is 7.99. The number of hydrogen-bond acceptors (Lipinski definition) is 4. The highest BCUT2D eigenvalue weighted by atomic mass is 32.2. The fraction of sp³-hybridized carbons (Fsp3) is 0.615. The molecular weight excluding hydrogens is 289 g/mol. The van der Waals surface area contributed by atoms with Crippen LogP contribution >= 0.6 is 11.8 Å². The number of hydrogen-bond donors (Lipinski definition) is 2. The first kappa shape index (κ1) is 15.6. The summed E-state index contributed by atoms with van der Waals surface area (Å²) >= 11 is 1.34. The summed E-state index contributed by atoms with van der Waals surface area (Å²) in [6.07, 6.45) is -1.30. The average molecular weight is 306 g/mol. The van der Waals surface area contributed by atoms with Crippen molar-refractivity contribution in [2.45, 2.75) is 42.5 Å². The molecule has 1 fully saturated rings. The third kappa shape index (κ3) is 4.36. The van der Waals surface area contributed by atoms with Crippen molar-refractivity contribution in [1.82, 2.24) is 10.3 Å². The summed E-state index contributed by atoms with van der Waals surface area (Å²) < 4.78 is 37.2. The summed E-state index contributed by atoms with van der Waals surface area (Å²) in [5.74, 6) is 0.554.